The highest BCUT2D eigenvalue weighted by atomic mass is 35.5. The minimum absolute atomic E-state index is 0.139. The van der Waals surface area contributed by atoms with E-state index in [1.165, 1.54) is 6.20 Å². The summed E-state index contributed by atoms with van der Waals surface area (Å²) < 4.78 is 4.99. The van der Waals surface area contributed by atoms with E-state index in [1.54, 1.807) is 6.92 Å². The molecule has 5 heteroatoms. The molecule has 0 amide bonds. The van der Waals surface area contributed by atoms with Gasteiger partial charge < -0.3 is 4.74 Å². The van der Waals surface area contributed by atoms with Gasteiger partial charge in [-0.25, -0.2) is 14.8 Å². The average molecular weight is 229 g/mol. The fourth-order valence-electron chi connectivity index (χ4n) is 0.976. The third kappa shape index (κ3) is 3.47. The van der Waals surface area contributed by atoms with E-state index < -0.39 is 5.97 Å². The molecule has 0 radical (unpaired) electrons. The second-order valence-corrected chi connectivity index (χ2v) is 3.51. The van der Waals surface area contributed by atoms with Crippen molar-refractivity contribution in [2.45, 2.75) is 26.7 Å². The van der Waals surface area contributed by atoms with Crippen LogP contribution in [0.2, 0.25) is 5.02 Å². The summed E-state index contributed by atoms with van der Waals surface area (Å²) in [6.45, 7) is 4.11. The van der Waals surface area contributed by atoms with Crippen molar-refractivity contribution in [1.82, 2.24) is 9.97 Å². The highest BCUT2D eigenvalue weighted by molar-refractivity contribution is 6.33. The van der Waals surface area contributed by atoms with Crippen LogP contribution in [-0.4, -0.2) is 22.5 Å². The summed E-state index contributed by atoms with van der Waals surface area (Å²) >= 11 is 5.78. The molecule has 1 rings (SSSR count). The molecule has 0 saturated heterocycles. The molecule has 1 aromatic heterocycles. The lowest BCUT2D eigenvalue weighted by molar-refractivity contribution is 0.0492. The molecule has 0 aliphatic carbocycles. The van der Waals surface area contributed by atoms with Crippen molar-refractivity contribution in [3.63, 3.8) is 0 Å². The summed E-state index contributed by atoms with van der Waals surface area (Å²) in [5.74, 6) is 0.0146. The van der Waals surface area contributed by atoms with Crippen LogP contribution < -0.4 is 0 Å². The zero-order valence-electron chi connectivity index (χ0n) is 8.79. The highest BCUT2D eigenvalue weighted by Crippen LogP contribution is 2.13. The third-order valence-electron chi connectivity index (χ3n) is 1.79. The van der Waals surface area contributed by atoms with Crippen LogP contribution in [0.25, 0.3) is 0 Å². The Morgan fingerprint density at radius 3 is 3.00 bits per heavy atom. The van der Waals surface area contributed by atoms with Crippen molar-refractivity contribution in [2.24, 2.45) is 0 Å². The van der Waals surface area contributed by atoms with Gasteiger partial charge in [-0.2, -0.15) is 0 Å². The van der Waals surface area contributed by atoms with Crippen molar-refractivity contribution in [2.75, 3.05) is 6.61 Å². The number of halogens is 1. The van der Waals surface area contributed by atoms with E-state index in [-0.39, 0.29) is 10.7 Å². The van der Waals surface area contributed by atoms with Crippen molar-refractivity contribution in [1.29, 1.82) is 0 Å². The van der Waals surface area contributed by atoms with Crippen molar-refractivity contribution in [3.8, 4) is 0 Å². The summed E-state index contributed by atoms with van der Waals surface area (Å²) in [4.78, 5) is 19.3. The van der Waals surface area contributed by atoms with E-state index in [1.807, 2.05) is 6.92 Å². The summed E-state index contributed by atoms with van der Waals surface area (Å²) in [5.41, 5.74) is 0.139. The second kappa shape index (κ2) is 5.66. The van der Waals surface area contributed by atoms with Crippen LogP contribution in [0, 0.1) is 6.92 Å². The van der Waals surface area contributed by atoms with Gasteiger partial charge in [0.05, 0.1) is 17.8 Å². The Labute approximate surface area is 93.6 Å². The van der Waals surface area contributed by atoms with Crippen molar-refractivity contribution in [3.05, 3.63) is 22.7 Å². The number of unbranched alkanes of at least 4 members (excludes halogenated alkanes) is 1. The maximum Gasteiger partial charge on any atom is 0.358 e. The summed E-state index contributed by atoms with van der Waals surface area (Å²) in [6.07, 6.45) is 3.22. The number of nitrogens with zero attached hydrogens (tertiary/aromatic N) is 2. The van der Waals surface area contributed by atoms with E-state index >= 15 is 0 Å². The van der Waals surface area contributed by atoms with Crippen LogP contribution in [-0.2, 0) is 4.74 Å². The molecule has 15 heavy (non-hydrogen) atoms. The largest absolute Gasteiger partial charge is 0.461 e. The molecule has 0 aliphatic rings. The molecule has 0 aromatic carbocycles. The molecule has 0 fully saturated rings. The predicted molar refractivity (Wildman–Crippen MR) is 57.0 cm³/mol. The molecule has 82 valence electrons. The lowest BCUT2D eigenvalue weighted by atomic mass is 10.3. The van der Waals surface area contributed by atoms with Crippen molar-refractivity contribution >= 4 is 17.6 Å². The number of ether oxygens (including phenoxy) is 1. The Hall–Kier alpha value is -1.16. The van der Waals surface area contributed by atoms with Gasteiger partial charge >= 0.3 is 5.97 Å². The number of hydrogen-bond acceptors (Lipinski definition) is 4. The lowest BCUT2D eigenvalue weighted by Crippen LogP contribution is -2.10. The molecule has 4 nitrogen and oxygen atoms in total. The van der Waals surface area contributed by atoms with Crippen LogP contribution in [0.3, 0.4) is 0 Å². The Kier molecular flexibility index (Phi) is 4.49. The first-order chi connectivity index (χ1) is 7.15. The minimum Gasteiger partial charge on any atom is -0.461 e. The van der Waals surface area contributed by atoms with E-state index in [9.17, 15) is 4.79 Å². The molecular formula is C10H13ClN2O2. The van der Waals surface area contributed by atoms with E-state index in [2.05, 4.69) is 9.97 Å². The van der Waals surface area contributed by atoms with Crippen LogP contribution in [0.4, 0.5) is 0 Å². The summed E-state index contributed by atoms with van der Waals surface area (Å²) in [5, 5.41) is 0.224. The van der Waals surface area contributed by atoms with Gasteiger partial charge in [-0.15, -0.1) is 0 Å². The molecule has 0 bridgehead atoms. The van der Waals surface area contributed by atoms with Gasteiger partial charge in [-0.3, -0.25) is 0 Å². The summed E-state index contributed by atoms with van der Waals surface area (Å²) in [7, 11) is 0. The van der Waals surface area contributed by atoms with Crippen LogP contribution in [0.5, 0.6) is 0 Å². The molecule has 0 aliphatic heterocycles. The van der Waals surface area contributed by atoms with E-state index in [4.69, 9.17) is 16.3 Å². The Morgan fingerprint density at radius 1 is 1.60 bits per heavy atom. The lowest BCUT2D eigenvalue weighted by Gasteiger charge is -2.04. The van der Waals surface area contributed by atoms with Crippen LogP contribution >= 0.6 is 11.6 Å². The monoisotopic (exact) mass is 228 g/mol. The smallest absolute Gasteiger partial charge is 0.358 e. The Balaban J connectivity index is 2.68. The zero-order valence-corrected chi connectivity index (χ0v) is 9.54. The SMILES string of the molecule is CCCCOC(=O)c1nc(C)ncc1Cl. The maximum atomic E-state index is 11.5. The summed E-state index contributed by atoms with van der Waals surface area (Å²) in [6, 6.07) is 0. The number of aromatic nitrogens is 2. The quantitative estimate of drug-likeness (QED) is 0.587. The van der Waals surface area contributed by atoms with Gasteiger partial charge in [0.25, 0.3) is 0 Å². The standard InChI is InChI=1S/C10H13ClN2O2/c1-3-4-5-15-10(14)9-8(11)6-12-7(2)13-9/h6H,3-5H2,1-2H3. The average Bonchev–Trinajstić information content (AvgIpc) is 2.22. The fourth-order valence-corrected chi connectivity index (χ4v) is 1.14. The van der Waals surface area contributed by atoms with Gasteiger partial charge in [0.15, 0.2) is 5.69 Å². The molecule has 0 atom stereocenters. The number of esters is 1. The maximum absolute atomic E-state index is 11.5. The first-order valence-corrected chi connectivity index (χ1v) is 5.19. The van der Waals surface area contributed by atoms with E-state index in [0.29, 0.717) is 12.4 Å². The van der Waals surface area contributed by atoms with Crippen LogP contribution in [0.15, 0.2) is 6.20 Å². The molecule has 0 spiro atoms. The number of carbonyl (C=O) groups is 1. The number of carbonyl (C=O) groups excluding carboxylic acids is 1. The van der Waals surface area contributed by atoms with Crippen molar-refractivity contribution < 1.29 is 9.53 Å². The molecule has 0 saturated carbocycles. The van der Waals surface area contributed by atoms with Gasteiger partial charge in [0.2, 0.25) is 0 Å². The van der Waals surface area contributed by atoms with Gasteiger partial charge in [-0.05, 0) is 13.3 Å². The third-order valence-corrected chi connectivity index (χ3v) is 2.07. The molecular weight excluding hydrogens is 216 g/mol. The Bertz CT molecular complexity index is 355. The first kappa shape index (κ1) is 11.9. The molecule has 1 heterocycles. The minimum atomic E-state index is -0.487. The first-order valence-electron chi connectivity index (χ1n) is 4.81. The number of hydrogen-bond donors (Lipinski definition) is 0. The number of aryl methyl sites for hydroxylation is 1. The predicted octanol–water partition coefficient (Wildman–Crippen LogP) is 2.40. The van der Waals surface area contributed by atoms with Crippen LogP contribution in [0.1, 0.15) is 36.1 Å². The van der Waals surface area contributed by atoms with Gasteiger partial charge in [0, 0.05) is 0 Å². The topological polar surface area (TPSA) is 52.1 Å². The molecule has 1 aromatic rings. The molecule has 0 unspecified atom stereocenters. The fraction of sp³-hybridized carbons (Fsp3) is 0.500. The number of rotatable bonds is 4. The van der Waals surface area contributed by atoms with Gasteiger partial charge in [-0.1, -0.05) is 24.9 Å². The molecule has 0 N–H and O–H groups in total. The highest BCUT2D eigenvalue weighted by Gasteiger charge is 2.14. The second-order valence-electron chi connectivity index (χ2n) is 3.10. The normalized spacial score (nSPS) is 10.1. The Morgan fingerprint density at radius 2 is 2.33 bits per heavy atom. The zero-order chi connectivity index (χ0) is 11.3. The van der Waals surface area contributed by atoms with E-state index in [0.717, 1.165) is 12.8 Å². The van der Waals surface area contributed by atoms with Gasteiger partial charge in [0.1, 0.15) is 5.82 Å².